The highest BCUT2D eigenvalue weighted by Crippen LogP contribution is 2.36. The lowest BCUT2D eigenvalue weighted by Gasteiger charge is -2.18. The molecule has 6 heteroatoms. The molecule has 0 radical (unpaired) electrons. The summed E-state index contributed by atoms with van der Waals surface area (Å²) in [6, 6.07) is 1.98. The van der Waals surface area contributed by atoms with Crippen LogP contribution in [0.5, 0.6) is 0 Å². The highest BCUT2D eigenvalue weighted by atomic mass is 19.4. The van der Waals surface area contributed by atoms with Gasteiger partial charge in [0.15, 0.2) is 0 Å². The van der Waals surface area contributed by atoms with Crippen molar-refractivity contribution in [3.63, 3.8) is 0 Å². The van der Waals surface area contributed by atoms with Gasteiger partial charge in [0.1, 0.15) is 5.82 Å². The van der Waals surface area contributed by atoms with E-state index in [1.165, 1.54) is 0 Å². The first-order valence-electron chi connectivity index (χ1n) is 4.60. The Morgan fingerprint density at radius 1 is 1.31 bits per heavy atom. The van der Waals surface area contributed by atoms with Crippen LogP contribution in [0.2, 0.25) is 0 Å². The number of hydrogen-bond donors (Lipinski definition) is 2. The van der Waals surface area contributed by atoms with Gasteiger partial charge in [-0.05, 0) is 18.1 Å². The number of aliphatic hydroxyl groups is 1. The second-order valence-electron chi connectivity index (χ2n) is 3.32. The predicted molar refractivity (Wildman–Crippen MR) is 50.0 cm³/mol. The Labute approximate surface area is 89.7 Å². The van der Waals surface area contributed by atoms with Gasteiger partial charge in [-0.3, -0.25) is 0 Å². The van der Waals surface area contributed by atoms with E-state index < -0.39 is 23.6 Å². The van der Waals surface area contributed by atoms with Crippen molar-refractivity contribution in [1.29, 1.82) is 0 Å². The van der Waals surface area contributed by atoms with Crippen LogP contribution in [0, 0.1) is 5.82 Å². The van der Waals surface area contributed by atoms with Gasteiger partial charge in [-0.15, -0.1) is 0 Å². The van der Waals surface area contributed by atoms with E-state index in [1.807, 2.05) is 0 Å². The average Bonchev–Trinajstić information content (AvgIpc) is 2.15. The molecule has 0 amide bonds. The van der Waals surface area contributed by atoms with E-state index in [0.717, 1.165) is 18.2 Å². The Kier molecular flexibility index (Phi) is 3.88. The van der Waals surface area contributed by atoms with Crippen molar-refractivity contribution in [2.24, 2.45) is 5.73 Å². The minimum absolute atomic E-state index is 0.0491. The smallest absolute Gasteiger partial charge is 0.396 e. The second-order valence-corrected chi connectivity index (χ2v) is 3.32. The quantitative estimate of drug-likeness (QED) is 0.792. The van der Waals surface area contributed by atoms with Crippen LogP contribution in [0.1, 0.15) is 23.6 Å². The third-order valence-electron chi connectivity index (χ3n) is 2.17. The molecule has 2 nitrogen and oxygen atoms in total. The zero-order chi connectivity index (χ0) is 12.3. The summed E-state index contributed by atoms with van der Waals surface area (Å²) in [4.78, 5) is 0. The fraction of sp³-hybridized carbons (Fsp3) is 0.400. The minimum Gasteiger partial charge on any atom is -0.396 e. The summed E-state index contributed by atoms with van der Waals surface area (Å²) < 4.78 is 50.8. The van der Waals surface area contributed by atoms with E-state index in [0.29, 0.717) is 0 Å². The van der Waals surface area contributed by atoms with Gasteiger partial charge in [0.2, 0.25) is 0 Å². The van der Waals surface area contributed by atoms with Crippen LogP contribution in [-0.2, 0) is 6.18 Å². The highest BCUT2D eigenvalue weighted by molar-refractivity contribution is 5.33. The maximum atomic E-state index is 13.1. The third-order valence-corrected chi connectivity index (χ3v) is 2.17. The summed E-state index contributed by atoms with van der Waals surface area (Å²) in [5.74, 6) is -1.35. The van der Waals surface area contributed by atoms with Crippen molar-refractivity contribution in [2.75, 3.05) is 6.61 Å². The van der Waals surface area contributed by atoms with Crippen molar-refractivity contribution < 1.29 is 22.7 Å². The van der Waals surface area contributed by atoms with Gasteiger partial charge in [-0.25, -0.2) is 4.39 Å². The first kappa shape index (κ1) is 12.9. The number of hydrogen-bond acceptors (Lipinski definition) is 2. The van der Waals surface area contributed by atoms with Crippen molar-refractivity contribution in [3.8, 4) is 0 Å². The van der Waals surface area contributed by atoms with Crippen LogP contribution in [0.15, 0.2) is 18.2 Å². The molecule has 0 fully saturated rings. The molecule has 1 aromatic rings. The molecule has 1 unspecified atom stereocenters. The lowest BCUT2D eigenvalue weighted by molar-refractivity contribution is -0.140. The molecule has 1 rings (SSSR count). The fourth-order valence-corrected chi connectivity index (χ4v) is 1.44. The minimum atomic E-state index is -4.78. The summed E-state index contributed by atoms with van der Waals surface area (Å²) in [7, 11) is 0. The lowest BCUT2D eigenvalue weighted by atomic mass is 9.98. The van der Waals surface area contributed by atoms with Gasteiger partial charge in [-0.2, -0.15) is 13.2 Å². The van der Waals surface area contributed by atoms with Gasteiger partial charge in [0.05, 0.1) is 5.56 Å². The molecular weight excluding hydrogens is 226 g/mol. The number of halogens is 4. The van der Waals surface area contributed by atoms with E-state index in [-0.39, 0.29) is 18.6 Å². The Morgan fingerprint density at radius 2 is 1.94 bits per heavy atom. The number of aliphatic hydroxyl groups excluding tert-OH is 1. The average molecular weight is 237 g/mol. The third kappa shape index (κ3) is 2.70. The van der Waals surface area contributed by atoms with Crippen molar-refractivity contribution in [3.05, 3.63) is 35.1 Å². The van der Waals surface area contributed by atoms with E-state index in [9.17, 15) is 17.6 Å². The maximum Gasteiger partial charge on any atom is 0.419 e. The molecular formula is C10H11F4NO. The molecule has 16 heavy (non-hydrogen) atoms. The fourth-order valence-electron chi connectivity index (χ4n) is 1.44. The second kappa shape index (κ2) is 4.80. The number of nitrogens with two attached hydrogens (primary N) is 1. The van der Waals surface area contributed by atoms with E-state index in [1.54, 1.807) is 0 Å². The lowest BCUT2D eigenvalue weighted by Crippen LogP contribution is -2.20. The van der Waals surface area contributed by atoms with Gasteiger partial charge in [0, 0.05) is 12.6 Å². The van der Waals surface area contributed by atoms with E-state index >= 15 is 0 Å². The number of alkyl halides is 3. The van der Waals surface area contributed by atoms with Crippen molar-refractivity contribution in [2.45, 2.75) is 18.6 Å². The van der Waals surface area contributed by atoms with Crippen LogP contribution in [-0.4, -0.2) is 11.7 Å². The van der Waals surface area contributed by atoms with Gasteiger partial charge in [-0.1, -0.05) is 12.1 Å². The van der Waals surface area contributed by atoms with Crippen molar-refractivity contribution >= 4 is 0 Å². The molecule has 0 spiro atoms. The Bertz CT molecular complexity index is 364. The SMILES string of the molecule is NC(CCO)c1cccc(F)c1C(F)(F)F. The number of benzene rings is 1. The predicted octanol–water partition coefficient (Wildman–Crippen LogP) is 2.23. The molecule has 3 N–H and O–H groups in total. The maximum absolute atomic E-state index is 13.1. The molecule has 0 saturated carbocycles. The van der Waals surface area contributed by atoms with Crippen molar-refractivity contribution in [1.82, 2.24) is 0 Å². The molecule has 1 aromatic carbocycles. The zero-order valence-electron chi connectivity index (χ0n) is 8.26. The van der Waals surface area contributed by atoms with Crippen LogP contribution < -0.4 is 5.73 Å². The highest BCUT2D eigenvalue weighted by Gasteiger charge is 2.37. The van der Waals surface area contributed by atoms with Crippen LogP contribution in [0.4, 0.5) is 17.6 Å². The molecule has 0 saturated heterocycles. The summed E-state index contributed by atoms with van der Waals surface area (Å²) in [5.41, 5.74) is 3.76. The molecule has 0 bridgehead atoms. The number of rotatable bonds is 3. The van der Waals surface area contributed by atoms with Crippen LogP contribution >= 0.6 is 0 Å². The zero-order valence-corrected chi connectivity index (χ0v) is 8.26. The molecule has 0 aliphatic rings. The molecule has 0 aromatic heterocycles. The monoisotopic (exact) mass is 237 g/mol. The molecule has 90 valence electrons. The Morgan fingerprint density at radius 3 is 2.44 bits per heavy atom. The largest absolute Gasteiger partial charge is 0.419 e. The van der Waals surface area contributed by atoms with E-state index in [4.69, 9.17) is 10.8 Å². The summed E-state index contributed by atoms with van der Waals surface area (Å²) in [6.45, 7) is -0.352. The Balaban J connectivity index is 3.23. The molecule has 0 aliphatic heterocycles. The molecule has 1 atom stereocenters. The van der Waals surface area contributed by atoms with Crippen LogP contribution in [0.25, 0.3) is 0 Å². The van der Waals surface area contributed by atoms with Gasteiger partial charge < -0.3 is 10.8 Å². The summed E-state index contributed by atoms with van der Waals surface area (Å²) in [6.07, 6.45) is -4.83. The van der Waals surface area contributed by atoms with Crippen LogP contribution in [0.3, 0.4) is 0 Å². The summed E-state index contributed by atoms with van der Waals surface area (Å²) in [5, 5.41) is 8.61. The standard InChI is InChI=1S/C10H11F4NO/c11-7-3-1-2-6(8(15)4-5-16)9(7)10(12,13)14/h1-3,8,16H,4-5,15H2. The molecule has 0 heterocycles. The summed E-state index contributed by atoms with van der Waals surface area (Å²) >= 11 is 0. The Hall–Kier alpha value is -1.14. The van der Waals surface area contributed by atoms with E-state index in [2.05, 4.69) is 0 Å². The topological polar surface area (TPSA) is 46.2 Å². The van der Waals surface area contributed by atoms with Gasteiger partial charge in [0.25, 0.3) is 0 Å². The molecule has 0 aliphatic carbocycles. The first-order chi connectivity index (χ1) is 7.38. The first-order valence-corrected chi connectivity index (χ1v) is 4.60. The normalized spacial score (nSPS) is 13.9. The van der Waals surface area contributed by atoms with Gasteiger partial charge >= 0.3 is 6.18 Å².